The Labute approximate surface area is 135 Å². The highest BCUT2D eigenvalue weighted by molar-refractivity contribution is 5.92. The molecule has 1 fully saturated rings. The molecular formula is C16H22N6O. The maximum absolute atomic E-state index is 12.1. The summed E-state index contributed by atoms with van der Waals surface area (Å²) < 4.78 is 1.52. The van der Waals surface area contributed by atoms with Gasteiger partial charge in [-0.3, -0.25) is 9.58 Å². The van der Waals surface area contributed by atoms with Gasteiger partial charge >= 0.3 is 6.03 Å². The maximum Gasteiger partial charge on any atom is 0.319 e. The van der Waals surface area contributed by atoms with E-state index in [9.17, 15) is 4.79 Å². The Morgan fingerprint density at radius 1 is 1.39 bits per heavy atom. The van der Waals surface area contributed by atoms with E-state index < -0.39 is 0 Å². The zero-order chi connectivity index (χ0) is 16.2. The predicted molar refractivity (Wildman–Crippen MR) is 89.9 cm³/mol. The van der Waals surface area contributed by atoms with Crippen molar-refractivity contribution < 1.29 is 4.79 Å². The normalized spacial score (nSPS) is 18.0. The Morgan fingerprint density at radius 2 is 2.17 bits per heavy atom. The van der Waals surface area contributed by atoms with Gasteiger partial charge in [0.2, 0.25) is 0 Å². The number of anilines is 2. The van der Waals surface area contributed by atoms with Crippen LogP contribution in [-0.2, 0) is 13.6 Å². The van der Waals surface area contributed by atoms with Crippen LogP contribution < -0.4 is 16.4 Å². The second kappa shape index (κ2) is 6.70. The van der Waals surface area contributed by atoms with Gasteiger partial charge in [-0.1, -0.05) is 30.3 Å². The van der Waals surface area contributed by atoms with E-state index in [0.29, 0.717) is 11.5 Å². The van der Waals surface area contributed by atoms with E-state index in [1.54, 1.807) is 13.2 Å². The zero-order valence-electron chi connectivity index (χ0n) is 13.2. The number of urea groups is 1. The molecule has 2 aromatic rings. The molecule has 7 nitrogen and oxygen atoms in total. The number of aryl methyl sites for hydroxylation is 1. The summed E-state index contributed by atoms with van der Waals surface area (Å²) >= 11 is 0. The minimum atomic E-state index is -0.240. The van der Waals surface area contributed by atoms with Crippen LogP contribution in [0.2, 0.25) is 0 Å². The lowest BCUT2D eigenvalue weighted by molar-refractivity contribution is 0.247. The van der Waals surface area contributed by atoms with Crippen molar-refractivity contribution in [1.82, 2.24) is 20.0 Å². The molecule has 122 valence electrons. The molecule has 2 amide bonds. The number of hydrogen-bond acceptors (Lipinski definition) is 4. The smallest absolute Gasteiger partial charge is 0.319 e. The molecule has 0 spiro atoms. The summed E-state index contributed by atoms with van der Waals surface area (Å²) in [5, 5.41) is 9.74. The van der Waals surface area contributed by atoms with Gasteiger partial charge in [0.05, 0.1) is 6.20 Å². The van der Waals surface area contributed by atoms with E-state index in [-0.39, 0.29) is 12.1 Å². The summed E-state index contributed by atoms with van der Waals surface area (Å²) in [7, 11) is 1.73. The third-order valence-corrected chi connectivity index (χ3v) is 4.09. The standard InChI is InChI=1S/C16H22N6O/c1-21-15(17)14(9-18-21)20-16(23)19-13-7-8-22(11-13)10-12-5-3-2-4-6-12/h2-6,9,13H,7-8,10-11,17H2,1H3,(H2,19,20,23)/t13-/m0/s1. The van der Waals surface area contributed by atoms with Gasteiger partial charge in [-0.2, -0.15) is 5.10 Å². The number of carbonyl (C=O) groups excluding carboxylic acids is 1. The van der Waals surface area contributed by atoms with Crippen LogP contribution in [0.15, 0.2) is 36.5 Å². The van der Waals surface area contributed by atoms with Crippen molar-refractivity contribution in [1.29, 1.82) is 0 Å². The lowest BCUT2D eigenvalue weighted by atomic mass is 10.2. The summed E-state index contributed by atoms with van der Waals surface area (Å²) in [6, 6.07) is 10.3. The molecular weight excluding hydrogens is 292 g/mol. The van der Waals surface area contributed by atoms with Crippen LogP contribution in [0.4, 0.5) is 16.3 Å². The SMILES string of the molecule is Cn1ncc(NC(=O)N[C@H]2CCN(Cc3ccccc3)C2)c1N. The van der Waals surface area contributed by atoms with Crippen LogP contribution in [0.5, 0.6) is 0 Å². The van der Waals surface area contributed by atoms with Crippen molar-refractivity contribution in [3.05, 3.63) is 42.1 Å². The first-order valence-electron chi connectivity index (χ1n) is 7.73. The minimum Gasteiger partial charge on any atom is -0.382 e. The number of hydrogen-bond donors (Lipinski definition) is 3. The summed E-state index contributed by atoms with van der Waals surface area (Å²) in [4.78, 5) is 14.4. The van der Waals surface area contributed by atoms with Crippen molar-refractivity contribution in [2.75, 3.05) is 24.1 Å². The number of nitrogen functional groups attached to an aromatic ring is 1. The quantitative estimate of drug-likeness (QED) is 0.796. The minimum absolute atomic E-state index is 0.150. The molecule has 1 saturated heterocycles. The fourth-order valence-electron chi connectivity index (χ4n) is 2.82. The van der Waals surface area contributed by atoms with E-state index in [4.69, 9.17) is 5.73 Å². The second-order valence-electron chi connectivity index (χ2n) is 5.87. The first-order valence-corrected chi connectivity index (χ1v) is 7.73. The highest BCUT2D eigenvalue weighted by Crippen LogP contribution is 2.16. The summed E-state index contributed by atoms with van der Waals surface area (Å²) in [6.45, 7) is 2.75. The molecule has 1 atom stereocenters. The van der Waals surface area contributed by atoms with Gasteiger partial charge in [0, 0.05) is 32.7 Å². The number of nitrogens with one attached hydrogen (secondary N) is 2. The van der Waals surface area contributed by atoms with Gasteiger partial charge in [0.1, 0.15) is 11.5 Å². The van der Waals surface area contributed by atoms with Crippen LogP contribution in [0.25, 0.3) is 0 Å². The summed E-state index contributed by atoms with van der Waals surface area (Å²) in [6.07, 6.45) is 2.49. The first-order chi connectivity index (χ1) is 11.1. The fourth-order valence-corrected chi connectivity index (χ4v) is 2.82. The molecule has 1 aromatic heterocycles. The van der Waals surface area contributed by atoms with E-state index in [0.717, 1.165) is 26.1 Å². The maximum atomic E-state index is 12.1. The van der Waals surface area contributed by atoms with Crippen LogP contribution in [0.1, 0.15) is 12.0 Å². The average molecular weight is 314 g/mol. The number of nitrogens with two attached hydrogens (primary N) is 1. The third kappa shape index (κ3) is 3.81. The molecule has 3 rings (SSSR count). The Balaban J connectivity index is 1.48. The Kier molecular flexibility index (Phi) is 4.47. The van der Waals surface area contributed by atoms with Gasteiger partial charge in [0.25, 0.3) is 0 Å². The van der Waals surface area contributed by atoms with Gasteiger partial charge in [0.15, 0.2) is 0 Å². The molecule has 0 saturated carbocycles. The topological polar surface area (TPSA) is 88.2 Å². The van der Waals surface area contributed by atoms with E-state index in [1.165, 1.54) is 10.2 Å². The van der Waals surface area contributed by atoms with Crippen LogP contribution in [0, 0.1) is 0 Å². The Morgan fingerprint density at radius 3 is 2.87 bits per heavy atom. The number of carbonyl (C=O) groups is 1. The molecule has 0 bridgehead atoms. The van der Waals surface area contributed by atoms with E-state index in [1.807, 2.05) is 18.2 Å². The lowest BCUT2D eigenvalue weighted by Gasteiger charge is -2.17. The van der Waals surface area contributed by atoms with Crippen LogP contribution in [-0.4, -0.2) is 39.8 Å². The highest BCUT2D eigenvalue weighted by atomic mass is 16.2. The van der Waals surface area contributed by atoms with Crippen molar-refractivity contribution in [2.24, 2.45) is 7.05 Å². The fraction of sp³-hybridized carbons (Fsp3) is 0.375. The van der Waals surface area contributed by atoms with Gasteiger partial charge in [-0.15, -0.1) is 0 Å². The van der Waals surface area contributed by atoms with Gasteiger partial charge in [-0.25, -0.2) is 4.79 Å². The second-order valence-corrected chi connectivity index (χ2v) is 5.87. The van der Waals surface area contributed by atoms with Crippen molar-refractivity contribution >= 4 is 17.5 Å². The van der Waals surface area contributed by atoms with Gasteiger partial charge < -0.3 is 16.4 Å². The molecule has 7 heteroatoms. The molecule has 1 aromatic carbocycles. The first kappa shape index (κ1) is 15.4. The van der Waals surface area contributed by atoms with E-state index in [2.05, 4.69) is 32.8 Å². The average Bonchev–Trinajstić information content (AvgIpc) is 3.10. The van der Waals surface area contributed by atoms with Crippen molar-refractivity contribution in [2.45, 2.75) is 19.0 Å². The Bertz CT molecular complexity index is 668. The molecule has 1 aliphatic rings. The number of aromatic nitrogens is 2. The lowest BCUT2D eigenvalue weighted by Crippen LogP contribution is -2.39. The number of benzene rings is 1. The molecule has 4 N–H and O–H groups in total. The van der Waals surface area contributed by atoms with E-state index >= 15 is 0 Å². The van der Waals surface area contributed by atoms with Crippen molar-refractivity contribution in [3.63, 3.8) is 0 Å². The molecule has 0 aliphatic carbocycles. The summed E-state index contributed by atoms with van der Waals surface area (Å²) in [5.74, 6) is 0.442. The number of amides is 2. The molecule has 2 heterocycles. The number of nitrogens with zero attached hydrogens (tertiary/aromatic N) is 3. The van der Waals surface area contributed by atoms with Crippen LogP contribution >= 0.6 is 0 Å². The van der Waals surface area contributed by atoms with Gasteiger partial charge in [-0.05, 0) is 12.0 Å². The largest absolute Gasteiger partial charge is 0.382 e. The zero-order valence-corrected chi connectivity index (χ0v) is 13.2. The highest BCUT2D eigenvalue weighted by Gasteiger charge is 2.24. The monoisotopic (exact) mass is 314 g/mol. The number of rotatable bonds is 4. The summed E-state index contributed by atoms with van der Waals surface area (Å²) in [5.41, 5.74) is 7.64. The molecule has 23 heavy (non-hydrogen) atoms. The molecule has 1 aliphatic heterocycles. The number of likely N-dealkylation sites (tertiary alicyclic amines) is 1. The third-order valence-electron chi connectivity index (χ3n) is 4.09. The van der Waals surface area contributed by atoms with Crippen LogP contribution in [0.3, 0.4) is 0 Å². The Hall–Kier alpha value is -2.54. The molecule has 0 unspecified atom stereocenters. The van der Waals surface area contributed by atoms with Crippen molar-refractivity contribution in [3.8, 4) is 0 Å². The predicted octanol–water partition coefficient (Wildman–Crippen LogP) is 1.40. The molecule has 0 radical (unpaired) electrons.